The van der Waals surface area contributed by atoms with Crippen LogP contribution in [-0.4, -0.2) is 82.3 Å². The molecule has 0 saturated carbocycles. The Kier molecular flexibility index (Phi) is 71.4. The molecule has 0 rings (SSSR count). The van der Waals surface area contributed by atoms with Crippen LogP contribution in [0.5, 0.6) is 0 Å². The number of ether oxygens (including phenoxy) is 4. The lowest BCUT2D eigenvalue weighted by atomic mass is 10.0. The van der Waals surface area contributed by atoms with Crippen molar-refractivity contribution in [1.82, 2.24) is 0 Å². The molecular formula is C84H151NO8. The van der Waals surface area contributed by atoms with E-state index in [9.17, 15) is 19.5 Å². The van der Waals surface area contributed by atoms with Crippen molar-refractivity contribution in [3.8, 4) is 0 Å². The number of quaternary nitrogens is 1. The number of carbonyl (C=O) groups excluding carboxylic acids is 3. The summed E-state index contributed by atoms with van der Waals surface area (Å²) in [6, 6.07) is 0. The lowest BCUT2D eigenvalue weighted by Crippen LogP contribution is -2.44. The summed E-state index contributed by atoms with van der Waals surface area (Å²) in [6.45, 7) is 4.69. The first-order chi connectivity index (χ1) is 45.6. The molecule has 0 saturated heterocycles. The van der Waals surface area contributed by atoms with Crippen molar-refractivity contribution in [2.24, 2.45) is 0 Å². The number of rotatable bonds is 74. The first kappa shape index (κ1) is 89.5. The molecule has 0 aliphatic heterocycles. The Morgan fingerprint density at radius 1 is 0.333 bits per heavy atom. The second-order valence-electron chi connectivity index (χ2n) is 28.0. The molecule has 0 aromatic heterocycles. The van der Waals surface area contributed by atoms with Crippen LogP contribution in [0.25, 0.3) is 0 Å². The second kappa shape index (κ2) is 74.3. The standard InChI is InChI=1S/C84H151NO8/c1-6-8-10-12-14-16-18-20-22-24-26-28-30-32-34-36-38-40-41-43-45-47-49-51-53-55-57-59-61-63-65-67-69-71-73-75-82(87)93-80(79-92-84(83(88)89)90-77-76-85(3,4)5)78-91-81(86)74-72-70-68-66-64-62-60-58-56-54-52-50-48-46-44-42-39-37-35-33-31-29-27-25-23-21-19-17-15-13-11-9-7-2/h8,10,14,16,20,22,26,28,32,34,38,40,43,45,80,84H,6-7,9,11-13,15,17-19,21,23-25,27,29-31,33,35-37,39,41-42,44,46-79H2,1-5H3/b10-8-,16-14-,22-20-,28-26-,34-32-,40-38-,45-43-. The van der Waals surface area contributed by atoms with Crippen molar-refractivity contribution in [1.29, 1.82) is 0 Å². The van der Waals surface area contributed by atoms with Gasteiger partial charge in [-0.05, 0) is 70.6 Å². The van der Waals surface area contributed by atoms with Crippen LogP contribution < -0.4 is 5.11 Å². The number of carbonyl (C=O) groups is 3. The van der Waals surface area contributed by atoms with Crippen molar-refractivity contribution in [2.45, 2.75) is 386 Å². The molecule has 93 heavy (non-hydrogen) atoms. The lowest BCUT2D eigenvalue weighted by Gasteiger charge is -2.26. The van der Waals surface area contributed by atoms with E-state index in [0.717, 1.165) is 83.5 Å². The van der Waals surface area contributed by atoms with E-state index in [4.69, 9.17) is 18.9 Å². The number of nitrogens with zero attached hydrogens (tertiary/aromatic N) is 1. The molecule has 0 aliphatic carbocycles. The Labute approximate surface area is 576 Å². The average Bonchev–Trinajstić information content (AvgIpc) is 3.74. The van der Waals surface area contributed by atoms with Crippen LogP contribution in [0.15, 0.2) is 85.1 Å². The fourth-order valence-corrected chi connectivity index (χ4v) is 11.6. The van der Waals surface area contributed by atoms with E-state index < -0.39 is 24.3 Å². The van der Waals surface area contributed by atoms with Crippen LogP contribution in [0.4, 0.5) is 0 Å². The number of carboxylic acids is 1. The minimum atomic E-state index is -1.62. The lowest BCUT2D eigenvalue weighted by molar-refractivity contribution is -0.870. The van der Waals surface area contributed by atoms with Crippen molar-refractivity contribution in [3.63, 3.8) is 0 Å². The summed E-state index contributed by atoms with van der Waals surface area (Å²) in [7, 11) is 5.94. The van der Waals surface area contributed by atoms with Gasteiger partial charge < -0.3 is 33.3 Å². The van der Waals surface area contributed by atoms with Gasteiger partial charge in [-0.25, -0.2) is 0 Å². The minimum absolute atomic E-state index is 0.147. The highest BCUT2D eigenvalue weighted by molar-refractivity contribution is 5.70. The van der Waals surface area contributed by atoms with E-state index >= 15 is 0 Å². The van der Waals surface area contributed by atoms with Crippen molar-refractivity contribution >= 4 is 17.9 Å². The van der Waals surface area contributed by atoms with Crippen LogP contribution in [0.2, 0.25) is 0 Å². The van der Waals surface area contributed by atoms with E-state index in [1.54, 1.807) is 0 Å². The Bertz CT molecular complexity index is 1810. The van der Waals surface area contributed by atoms with Gasteiger partial charge >= 0.3 is 11.9 Å². The van der Waals surface area contributed by atoms with E-state index in [2.05, 4.69) is 98.9 Å². The maximum atomic E-state index is 13.0. The van der Waals surface area contributed by atoms with Gasteiger partial charge in [0.05, 0.1) is 40.3 Å². The van der Waals surface area contributed by atoms with Crippen molar-refractivity contribution < 1.29 is 42.9 Å². The molecule has 2 unspecified atom stereocenters. The molecule has 9 nitrogen and oxygen atoms in total. The van der Waals surface area contributed by atoms with Crippen LogP contribution in [0.3, 0.4) is 0 Å². The van der Waals surface area contributed by atoms with Gasteiger partial charge in [0, 0.05) is 12.8 Å². The molecule has 0 spiro atoms. The van der Waals surface area contributed by atoms with E-state index in [1.807, 2.05) is 21.1 Å². The highest BCUT2D eigenvalue weighted by Crippen LogP contribution is 2.19. The Balaban J connectivity index is 4.03. The molecular weight excluding hydrogens is 1150 g/mol. The Morgan fingerprint density at radius 2 is 0.613 bits per heavy atom. The molecule has 540 valence electrons. The third-order valence-electron chi connectivity index (χ3n) is 17.7. The molecule has 0 N–H and O–H groups in total. The summed E-state index contributed by atoms with van der Waals surface area (Å²) in [5.74, 6) is -2.26. The minimum Gasteiger partial charge on any atom is -0.545 e. The molecule has 0 radical (unpaired) electrons. The van der Waals surface area contributed by atoms with Crippen LogP contribution in [0, 0.1) is 0 Å². The van der Waals surface area contributed by atoms with Gasteiger partial charge in [0.25, 0.3) is 0 Å². The molecule has 0 bridgehead atoms. The van der Waals surface area contributed by atoms with Crippen LogP contribution >= 0.6 is 0 Å². The van der Waals surface area contributed by atoms with Gasteiger partial charge in [0.15, 0.2) is 12.4 Å². The summed E-state index contributed by atoms with van der Waals surface area (Å²) >= 11 is 0. The molecule has 0 fully saturated rings. The molecule has 2 atom stereocenters. The van der Waals surface area contributed by atoms with Gasteiger partial charge in [-0.15, -0.1) is 0 Å². The predicted molar refractivity (Wildman–Crippen MR) is 398 cm³/mol. The number of likely N-dealkylation sites (N-methyl/N-ethyl adjacent to an activating group) is 1. The second-order valence-corrected chi connectivity index (χ2v) is 28.0. The number of carboxylic acid groups (broad SMARTS) is 1. The van der Waals surface area contributed by atoms with Gasteiger partial charge in [0.2, 0.25) is 0 Å². The topological polar surface area (TPSA) is 111 Å². The van der Waals surface area contributed by atoms with E-state index in [1.165, 1.54) is 257 Å². The summed E-state index contributed by atoms with van der Waals surface area (Å²) in [5, 5.41) is 11.9. The number of unbranched alkanes of at least 4 members (excludes halogenated alkanes) is 45. The number of aliphatic carboxylic acids is 1. The third kappa shape index (κ3) is 75.7. The van der Waals surface area contributed by atoms with Crippen LogP contribution in [0.1, 0.15) is 373 Å². The smallest absolute Gasteiger partial charge is 0.306 e. The largest absolute Gasteiger partial charge is 0.545 e. The zero-order valence-electron chi connectivity index (χ0n) is 61.9. The predicted octanol–water partition coefficient (Wildman–Crippen LogP) is 24.0. The molecule has 0 heterocycles. The van der Waals surface area contributed by atoms with Crippen molar-refractivity contribution in [2.75, 3.05) is 47.5 Å². The first-order valence-electron chi connectivity index (χ1n) is 39.7. The fourth-order valence-electron chi connectivity index (χ4n) is 11.6. The molecule has 0 aromatic rings. The highest BCUT2D eigenvalue weighted by Gasteiger charge is 2.22. The van der Waals surface area contributed by atoms with Gasteiger partial charge in [-0.3, -0.25) is 9.59 Å². The molecule has 0 aromatic carbocycles. The molecule has 0 amide bonds. The van der Waals surface area contributed by atoms with Crippen molar-refractivity contribution in [3.05, 3.63) is 85.1 Å². The number of esters is 2. The summed E-state index contributed by atoms with van der Waals surface area (Å²) in [5.41, 5.74) is 0. The van der Waals surface area contributed by atoms with Gasteiger partial charge in [-0.1, -0.05) is 375 Å². The Hall–Kier alpha value is -3.53. The fraction of sp³-hybridized carbons (Fsp3) is 0.798. The maximum Gasteiger partial charge on any atom is 0.306 e. The summed E-state index contributed by atoms with van der Waals surface area (Å²) < 4.78 is 22.9. The Morgan fingerprint density at radius 3 is 0.914 bits per heavy atom. The third-order valence-corrected chi connectivity index (χ3v) is 17.7. The average molecular weight is 1300 g/mol. The van der Waals surface area contributed by atoms with Crippen LogP contribution in [-0.2, 0) is 33.3 Å². The number of hydrogen-bond donors (Lipinski definition) is 0. The monoisotopic (exact) mass is 1300 g/mol. The van der Waals surface area contributed by atoms with E-state index in [-0.39, 0.29) is 32.2 Å². The molecule has 9 heteroatoms. The number of allylic oxidation sites excluding steroid dienone is 14. The normalized spacial score (nSPS) is 13.1. The van der Waals surface area contributed by atoms with Gasteiger partial charge in [0.1, 0.15) is 13.2 Å². The summed E-state index contributed by atoms with van der Waals surface area (Å²) in [6.07, 6.45) is 98.5. The van der Waals surface area contributed by atoms with Gasteiger partial charge in [-0.2, -0.15) is 0 Å². The molecule has 0 aliphatic rings. The first-order valence-corrected chi connectivity index (χ1v) is 39.7. The number of hydrogen-bond acceptors (Lipinski definition) is 8. The van der Waals surface area contributed by atoms with E-state index in [0.29, 0.717) is 23.9 Å². The SMILES string of the molecule is CC/C=C\C/C=C\C/C=C\C/C=C\C/C=C\C/C=C\C/C=C\CCCCCCCCCCCCCCCC(=O)OC(COC(=O)CCCCCCCCCCCCCCCCCCCCCCCCCCCCCCCCCCC)COC(OCC[N+](C)(C)C)C(=O)[O-]. The maximum absolute atomic E-state index is 13.0. The summed E-state index contributed by atoms with van der Waals surface area (Å²) in [4.78, 5) is 37.6. The highest BCUT2D eigenvalue weighted by atomic mass is 16.7. The quantitative estimate of drug-likeness (QED) is 0.0195. The zero-order valence-corrected chi connectivity index (χ0v) is 61.9. The zero-order chi connectivity index (χ0) is 67.5.